The summed E-state index contributed by atoms with van der Waals surface area (Å²) in [4.78, 5) is 12.3. The maximum Gasteiger partial charge on any atom is 0.287 e. The van der Waals surface area contributed by atoms with Crippen LogP contribution in [-0.4, -0.2) is 19.1 Å². The molecule has 0 unspecified atom stereocenters. The van der Waals surface area contributed by atoms with Crippen molar-refractivity contribution in [3.8, 4) is 11.5 Å². The SMILES string of the molecule is COc1cc([C@@H](C)NC(=O)c2occc2C)ccc1OC1CCCC1. The first-order valence-electron chi connectivity index (χ1n) is 8.78. The van der Waals surface area contributed by atoms with E-state index < -0.39 is 0 Å². The van der Waals surface area contributed by atoms with Crippen LogP contribution in [0.3, 0.4) is 0 Å². The third-order valence-corrected chi connectivity index (χ3v) is 4.70. The van der Waals surface area contributed by atoms with E-state index in [9.17, 15) is 4.79 Å². The van der Waals surface area contributed by atoms with Crippen LogP contribution < -0.4 is 14.8 Å². The number of rotatable bonds is 6. The van der Waals surface area contributed by atoms with Gasteiger partial charge >= 0.3 is 0 Å². The van der Waals surface area contributed by atoms with Crippen molar-refractivity contribution in [2.45, 2.75) is 51.7 Å². The molecule has 0 radical (unpaired) electrons. The van der Waals surface area contributed by atoms with Crippen LogP contribution in [0.1, 0.15) is 60.3 Å². The van der Waals surface area contributed by atoms with Crippen molar-refractivity contribution in [2.75, 3.05) is 7.11 Å². The summed E-state index contributed by atoms with van der Waals surface area (Å²) >= 11 is 0. The molecule has 0 spiro atoms. The molecule has 1 atom stereocenters. The number of carbonyl (C=O) groups is 1. The topological polar surface area (TPSA) is 60.7 Å². The predicted octanol–water partition coefficient (Wildman–Crippen LogP) is 4.41. The van der Waals surface area contributed by atoms with Crippen molar-refractivity contribution in [3.63, 3.8) is 0 Å². The molecule has 0 saturated heterocycles. The summed E-state index contributed by atoms with van der Waals surface area (Å²) in [6, 6.07) is 7.41. The van der Waals surface area contributed by atoms with Crippen LogP contribution in [0.5, 0.6) is 11.5 Å². The molecule has 25 heavy (non-hydrogen) atoms. The smallest absolute Gasteiger partial charge is 0.287 e. The van der Waals surface area contributed by atoms with Crippen molar-refractivity contribution in [1.82, 2.24) is 5.32 Å². The number of methoxy groups -OCH3 is 1. The molecule has 1 aliphatic carbocycles. The first kappa shape index (κ1) is 17.4. The van der Waals surface area contributed by atoms with E-state index in [2.05, 4.69) is 5.32 Å². The zero-order valence-corrected chi connectivity index (χ0v) is 15.0. The van der Waals surface area contributed by atoms with Gasteiger partial charge < -0.3 is 19.2 Å². The van der Waals surface area contributed by atoms with E-state index in [0.717, 1.165) is 29.7 Å². The molecule has 1 heterocycles. The van der Waals surface area contributed by atoms with Gasteiger partial charge in [-0.1, -0.05) is 6.07 Å². The minimum atomic E-state index is -0.222. The molecule has 3 rings (SSSR count). The lowest BCUT2D eigenvalue weighted by atomic mass is 10.1. The van der Waals surface area contributed by atoms with Crippen molar-refractivity contribution >= 4 is 5.91 Å². The average molecular weight is 343 g/mol. The molecule has 1 aromatic heterocycles. The number of aryl methyl sites for hydroxylation is 1. The first-order valence-corrected chi connectivity index (χ1v) is 8.78. The molecule has 134 valence electrons. The Morgan fingerprint density at radius 3 is 2.64 bits per heavy atom. The normalized spacial score (nSPS) is 15.8. The van der Waals surface area contributed by atoms with Crippen LogP contribution >= 0.6 is 0 Å². The Hall–Kier alpha value is -2.43. The van der Waals surface area contributed by atoms with Gasteiger partial charge in [-0.05, 0) is 63.3 Å². The fourth-order valence-electron chi connectivity index (χ4n) is 3.19. The lowest BCUT2D eigenvalue weighted by molar-refractivity contribution is 0.0911. The number of nitrogens with one attached hydrogen (secondary N) is 1. The quantitative estimate of drug-likeness (QED) is 0.844. The molecule has 1 saturated carbocycles. The van der Waals surface area contributed by atoms with E-state index in [4.69, 9.17) is 13.9 Å². The van der Waals surface area contributed by atoms with Gasteiger partial charge in [0.15, 0.2) is 17.3 Å². The molecule has 1 aliphatic rings. The first-order chi connectivity index (χ1) is 12.1. The third kappa shape index (κ3) is 3.98. The molecule has 1 N–H and O–H groups in total. The van der Waals surface area contributed by atoms with Crippen LogP contribution in [0, 0.1) is 6.92 Å². The molecule has 1 amide bonds. The zero-order valence-electron chi connectivity index (χ0n) is 15.0. The number of carbonyl (C=O) groups excluding carboxylic acids is 1. The Kier molecular flexibility index (Phi) is 5.31. The fourth-order valence-corrected chi connectivity index (χ4v) is 3.19. The number of hydrogen-bond acceptors (Lipinski definition) is 4. The molecule has 5 nitrogen and oxygen atoms in total. The van der Waals surface area contributed by atoms with Crippen LogP contribution in [0.15, 0.2) is 34.9 Å². The highest BCUT2D eigenvalue weighted by Crippen LogP contribution is 2.33. The van der Waals surface area contributed by atoms with Gasteiger partial charge in [0.25, 0.3) is 5.91 Å². The number of hydrogen-bond donors (Lipinski definition) is 1. The van der Waals surface area contributed by atoms with E-state index >= 15 is 0 Å². The summed E-state index contributed by atoms with van der Waals surface area (Å²) in [5, 5.41) is 2.95. The van der Waals surface area contributed by atoms with Gasteiger partial charge in [-0.15, -0.1) is 0 Å². The Morgan fingerprint density at radius 1 is 1.24 bits per heavy atom. The Balaban J connectivity index is 1.70. The van der Waals surface area contributed by atoms with Crippen molar-refractivity contribution in [3.05, 3.63) is 47.4 Å². The number of ether oxygens (including phenoxy) is 2. The highest BCUT2D eigenvalue weighted by Gasteiger charge is 2.20. The Labute approximate surface area is 148 Å². The Morgan fingerprint density at radius 2 is 2.00 bits per heavy atom. The van der Waals surface area contributed by atoms with E-state index in [-0.39, 0.29) is 18.1 Å². The van der Waals surface area contributed by atoms with Gasteiger partial charge in [0.05, 0.1) is 25.5 Å². The predicted molar refractivity (Wildman–Crippen MR) is 95.2 cm³/mol. The third-order valence-electron chi connectivity index (χ3n) is 4.70. The number of benzene rings is 1. The van der Waals surface area contributed by atoms with Crippen molar-refractivity contribution < 1.29 is 18.7 Å². The average Bonchev–Trinajstić information content (AvgIpc) is 3.26. The summed E-state index contributed by atoms with van der Waals surface area (Å²) in [6.07, 6.45) is 6.44. The monoisotopic (exact) mass is 343 g/mol. The lowest BCUT2D eigenvalue weighted by Gasteiger charge is -2.19. The molecule has 0 aliphatic heterocycles. The zero-order chi connectivity index (χ0) is 17.8. The summed E-state index contributed by atoms with van der Waals surface area (Å²) in [5.74, 6) is 1.58. The second kappa shape index (κ2) is 7.64. The van der Waals surface area contributed by atoms with Crippen LogP contribution in [0.4, 0.5) is 0 Å². The molecule has 1 fully saturated rings. The molecular formula is C20H25NO4. The maximum absolute atomic E-state index is 12.3. The highest BCUT2D eigenvalue weighted by molar-refractivity contribution is 5.93. The van der Waals surface area contributed by atoms with Crippen LogP contribution in [0.25, 0.3) is 0 Å². The molecule has 2 aromatic rings. The number of furan rings is 1. The molecule has 5 heteroatoms. The van der Waals surface area contributed by atoms with Gasteiger partial charge in [-0.2, -0.15) is 0 Å². The van der Waals surface area contributed by atoms with Gasteiger partial charge in [-0.3, -0.25) is 4.79 Å². The summed E-state index contributed by atoms with van der Waals surface area (Å²) in [7, 11) is 1.63. The van der Waals surface area contributed by atoms with Crippen molar-refractivity contribution in [1.29, 1.82) is 0 Å². The van der Waals surface area contributed by atoms with Crippen LogP contribution in [-0.2, 0) is 0 Å². The summed E-state index contributed by atoms with van der Waals surface area (Å²) < 4.78 is 16.8. The van der Waals surface area contributed by atoms with E-state index in [0.29, 0.717) is 11.5 Å². The second-order valence-electron chi connectivity index (χ2n) is 6.56. The number of amides is 1. The fraction of sp³-hybridized carbons (Fsp3) is 0.450. The minimum absolute atomic E-state index is 0.175. The minimum Gasteiger partial charge on any atom is -0.493 e. The summed E-state index contributed by atoms with van der Waals surface area (Å²) in [5.41, 5.74) is 1.77. The van der Waals surface area contributed by atoms with Gasteiger partial charge in [-0.25, -0.2) is 0 Å². The highest BCUT2D eigenvalue weighted by atomic mass is 16.5. The second-order valence-corrected chi connectivity index (χ2v) is 6.56. The Bertz CT molecular complexity index is 731. The van der Waals surface area contributed by atoms with Gasteiger partial charge in [0, 0.05) is 5.56 Å². The largest absolute Gasteiger partial charge is 0.493 e. The van der Waals surface area contributed by atoms with E-state index in [1.165, 1.54) is 19.1 Å². The van der Waals surface area contributed by atoms with Gasteiger partial charge in [0.2, 0.25) is 0 Å². The van der Waals surface area contributed by atoms with E-state index in [1.807, 2.05) is 32.0 Å². The molecule has 1 aromatic carbocycles. The standard InChI is InChI=1S/C20H25NO4/c1-13-10-11-24-19(13)20(22)21-14(2)15-8-9-17(18(12-15)23-3)25-16-6-4-5-7-16/h8-12,14,16H,4-7H2,1-3H3,(H,21,22)/t14-/m1/s1. The summed E-state index contributed by atoms with van der Waals surface area (Å²) in [6.45, 7) is 3.78. The molecular weight excluding hydrogens is 318 g/mol. The maximum atomic E-state index is 12.3. The van der Waals surface area contributed by atoms with E-state index in [1.54, 1.807) is 13.2 Å². The van der Waals surface area contributed by atoms with Crippen molar-refractivity contribution in [2.24, 2.45) is 0 Å². The molecule has 0 bridgehead atoms. The van der Waals surface area contributed by atoms with Crippen LogP contribution in [0.2, 0.25) is 0 Å². The lowest BCUT2D eigenvalue weighted by Crippen LogP contribution is -2.26. The van der Waals surface area contributed by atoms with Gasteiger partial charge in [0.1, 0.15) is 0 Å².